The van der Waals surface area contributed by atoms with Gasteiger partial charge in [0.05, 0.1) is 5.92 Å². The largest absolute Gasteiger partial charge is 0.342 e. The quantitative estimate of drug-likeness (QED) is 0.391. The maximum atomic E-state index is 12.7. The van der Waals surface area contributed by atoms with E-state index in [1.807, 2.05) is 12.1 Å². The van der Waals surface area contributed by atoms with Gasteiger partial charge in [-0.05, 0) is 37.0 Å². The smallest absolute Gasteiger partial charge is 0.231 e. The van der Waals surface area contributed by atoms with Crippen LogP contribution in [-0.2, 0) is 21.8 Å². The molecule has 32 heavy (non-hydrogen) atoms. The fourth-order valence-electron chi connectivity index (χ4n) is 3.62. The van der Waals surface area contributed by atoms with Gasteiger partial charge in [0, 0.05) is 25.3 Å². The van der Waals surface area contributed by atoms with Crippen LogP contribution in [0.4, 0.5) is 5.13 Å². The number of hydrogen-bond acceptors (Lipinski definition) is 6. The van der Waals surface area contributed by atoms with Crippen LogP contribution >= 0.6 is 23.1 Å². The van der Waals surface area contributed by atoms with Crippen LogP contribution in [0.3, 0.4) is 0 Å². The summed E-state index contributed by atoms with van der Waals surface area (Å²) < 4.78 is 0.811. The summed E-state index contributed by atoms with van der Waals surface area (Å²) in [6, 6.07) is 16.6. The molecule has 2 heterocycles. The maximum Gasteiger partial charge on any atom is 0.231 e. The summed E-state index contributed by atoms with van der Waals surface area (Å²) in [5.41, 5.74) is 4.92. The van der Waals surface area contributed by atoms with Gasteiger partial charge in [0.25, 0.3) is 0 Å². The first kappa shape index (κ1) is 22.5. The van der Waals surface area contributed by atoms with E-state index in [-0.39, 0.29) is 24.2 Å². The van der Waals surface area contributed by atoms with E-state index in [9.17, 15) is 9.59 Å². The van der Waals surface area contributed by atoms with Crippen molar-refractivity contribution < 1.29 is 9.59 Å². The van der Waals surface area contributed by atoms with Gasteiger partial charge in [-0.1, -0.05) is 77.2 Å². The van der Waals surface area contributed by atoms with Gasteiger partial charge >= 0.3 is 0 Å². The van der Waals surface area contributed by atoms with Crippen LogP contribution in [0.15, 0.2) is 52.9 Å². The van der Waals surface area contributed by atoms with E-state index in [2.05, 4.69) is 65.8 Å². The minimum absolute atomic E-state index is 0.0315. The Labute approximate surface area is 196 Å². The second kappa shape index (κ2) is 10.3. The molecule has 1 saturated heterocycles. The minimum atomic E-state index is -0.354. The zero-order chi connectivity index (χ0) is 22.5. The van der Waals surface area contributed by atoms with Crippen molar-refractivity contribution in [3.05, 3.63) is 70.8 Å². The van der Waals surface area contributed by atoms with Crippen molar-refractivity contribution in [2.24, 2.45) is 5.92 Å². The number of aryl methyl sites for hydroxylation is 2. The lowest BCUT2D eigenvalue weighted by Gasteiger charge is -2.16. The lowest BCUT2D eigenvalue weighted by Crippen LogP contribution is -2.30. The zero-order valence-corrected chi connectivity index (χ0v) is 19.8. The van der Waals surface area contributed by atoms with E-state index in [4.69, 9.17) is 0 Å². The molecule has 2 aromatic carbocycles. The number of carbonyl (C=O) groups excluding carboxylic acids is 2. The predicted molar refractivity (Wildman–Crippen MR) is 129 cm³/mol. The lowest BCUT2D eigenvalue weighted by atomic mass is 10.1. The van der Waals surface area contributed by atoms with Gasteiger partial charge in [-0.25, -0.2) is 0 Å². The second-order valence-corrected chi connectivity index (χ2v) is 10.3. The van der Waals surface area contributed by atoms with Gasteiger partial charge in [0.1, 0.15) is 0 Å². The topological polar surface area (TPSA) is 75.2 Å². The average molecular weight is 467 g/mol. The number of hydrogen-bond donors (Lipinski definition) is 1. The van der Waals surface area contributed by atoms with E-state index in [0.29, 0.717) is 18.2 Å². The molecule has 0 saturated carbocycles. The molecule has 1 aliphatic heterocycles. The highest BCUT2D eigenvalue weighted by molar-refractivity contribution is 8.00. The third-order valence-electron chi connectivity index (χ3n) is 5.63. The third-order valence-corrected chi connectivity index (χ3v) is 7.65. The average Bonchev–Trinajstić information content (AvgIpc) is 3.39. The molecule has 0 aliphatic carbocycles. The highest BCUT2D eigenvalue weighted by Gasteiger charge is 2.34. The Morgan fingerprint density at radius 1 is 1.16 bits per heavy atom. The Kier molecular flexibility index (Phi) is 7.22. The minimum Gasteiger partial charge on any atom is -0.342 e. The van der Waals surface area contributed by atoms with Crippen molar-refractivity contribution in [2.45, 2.75) is 36.8 Å². The van der Waals surface area contributed by atoms with E-state index in [1.165, 1.54) is 33.6 Å². The van der Waals surface area contributed by atoms with Crippen LogP contribution in [0.1, 0.15) is 28.7 Å². The summed E-state index contributed by atoms with van der Waals surface area (Å²) in [6.07, 6.45) is 1.03. The van der Waals surface area contributed by atoms with Crippen molar-refractivity contribution in [2.75, 3.05) is 18.4 Å². The van der Waals surface area contributed by atoms with E-state index < -0.39 is 0 Å². The third kappa shape index (κ3) is 5.75. The van der Waals surface area contributed by atoms with Gasteiger partial charge < -0.3 is 10.2 Å². The van der Waals surface area contributed by atoms with Crippen molar-refractivity contribution in [3.8, 4) is 0 Å². The standard InChI is InChI=1S/C24H26N4O2S2/c1-16-7-9-18(10-8-16)11-12-28-14-20(13-21(28)29)22(30)25-23-26-27-24(32-23)31-15-19-6-4-3-5-17(19)2/h3-10,20H,11-15H2,1-2H3,(H,25,26,30). The van der Waals surface area contributed by atoms with Crippen LogP contribution in [0.2, 0.25) is 0 Å². The highest BCUT2D eigenvalue weighted by Crippen LogP contribution is 2.30. The lowest BCUT2D eigenvalue weighted by molar-refractivity contribution is -0.128. The van der Waals surface area contributed by atoms with Crippen molar-refractivity contribution in [1.82, 2.24) is 15.1 Å². The first-order valence-corrected chi connectivity index (χ1v) is 12.4. The van der Waals surface area contributed by atoms with Crippen LogP contribution in [-0.4, -0.2) is 40.0 Å². The Hall–Kier alpha value is -2.71. The Morgan fingerprint density at radius 2 is 1.94 bits per heavy atom. The van der Waals surface area contributed by atoms with Gasteiger partial charge in [0.15, 0.2) is 4.34 Å². The zero-order valence-electron chi connectivity index (χ0n) is 18.2. The molecular weight excluding hydrogens is 440 g/mol. The molecule has 0 radical (unpaired) electrons. The predicted octanol–water partition coefficient (Wildman–Crippen LogP) is 4.48. The number of rotatable bonds is 8. The summed E-state index contributed by atoms with van der Waals surface area (Å²) >= 11 is 2.97. The normalized spacial score (nSPS) is 15.9. The van der Waals surface area contributed by atoms with Gasteiger partial charge in [-0.15, -0.1) is 10.2 Å². The Bertz CT molecular complexity index is 1100. The second-order valence-electron chi connectivity index (χ2n) is 8.05. The van der Waals surface area contributed by atoms with Crippen molar-refractivity contribution in [1.29, 1.82) is 0 Å². The Balaban J connectivity index is 1.26. The first-order valence-electron chi connectivity index (χ1n) is 10.6. The number of carbonyl (C=O) groups is 2. The molecule has 0 spiro atoms. The summed E-state index contributed by atoms with van der Waals surface area (Å²) in [5, 5.41) is 11.6. The fraction of sp³-hybridized carbons (Fsp3) is 0.333. The maximum absolute atomic E-state index is 12.7. The molecule has 1 aliphatic rings. The summed E-state index contributed by atoms with van der Waals surface area (Å²) in [6.45, 7) is 5.23. The molecule has 1 N–H and O–H groups in total. The fourth-order valence-corrected chi connectivity index (χ4v) is 5.45. The summed E-state index contributed by atoms with van der Waals surface area (Å²) in [7, 11) is 0. The Morgan fingerprint density at radius 3 is 2.72 bits per heavy atom. The van der Waals surface area contributed by atoms with Crippen LogP contribution < -0.4 is 5.32 Å². The van der Waals surface area contributed by atoms with Crippen molar-refractivity contribution >= 4 is 40.0 Å². The number of benzene rings is 2. The molecule has 4 rings (SSSR count). The van der Waals surface area contributed by atoms with Gasteiger partial charge in [0.2, 0.25) is 16.9 Å². The molecule has 0 bridgehead atoms. The van der Waals surface area contributed by atoms with E-state index >= 15 is 0 Å². The molecule has 2 amide bonds. The number of nitrogens with zero attached hydrogens (tertiary/aromatic N) is 3. The molecule has 1 fully saturated rings. The molecular formula is C24H26N4O2S2. The van der Waals surface area contributed by atoms with Gasteiger partial charge in [-0.2, -0.15) is 0 Å². The molecule has 3 aromatic rings. The number of aromatic nitrogens is 2. The van der Waals surface area contributed by atoms with Crippen LogP contribution in [0.5, 0.6) is 0 Å². The molecule has 1 unspecified atom stereocenters. The van der Waals surface area contributed by atoms with E-state index in [0.717, 1.165) is 16.5 Å². The van der Waals surface area contributed by atoms with E-state index in [1.54, 1.807) is 16.7 Å². The van der Waals surface area contributed by atoms with Gasteiger partial charge in [-0.3, -0.25) is 9.59 Å². The van der Waals surface area contributed by atoms with Crippen LogP contribution in [0.25, 0.3) is 0 Å². The number of anilines is 1. The molecule has 166 valence electrons. The van der Waals surface area contributed by atoms with Crippen LogP contribution in [0, 0.1) is 19.8 Å². The van der Waals surface area contributed by atoms with Crippen molar-refractivity contribution in [3.63, 3.8) is 0 Å². The summed E-state index contributed by atoms with van der Waals surface area (Å²) in [5.74, 6) is 0.321. The highest BCUT2D eigenvalue weighted by atomic mass is 32.2. The molecule has 1 aromatic heterocycles. The summed E-state index contributed by atoms with van der Waals surface area (Å²) in [4.78, 5) is 26.9. The first-order chi connectivity index (χ1) is 15.5. The molecule has 6 nitrogen and oxygen atoms in total. The monoisotopic (exact) mass is 466 g/mol. The number of nitrogens with one attached hydrogen (secondary N) is 1. The molecule has 8 heteroatoms. The number of amides is 2. The number of thioether (sulfide) groups is 1. The molecule has 1 atom stereocenters. The number of likely N-dealkylation sites (tertiary alicyclic amines) is 1. The SMILES string of the molecule is Cc1ccc(CCN2CC(C(=O)Nc3nnc(SCc4ccccc4C)s3)CC2=O)cc1.